The first kappa shape index (κ1) is 12.2. The zero-order valence-corrected chi connectivity index (χ0v) is 12.0. The number of aryl methyl sites for hydroxylation is 1. The highest BCUT2D eigenvalue weighted by atomic mass is 79.9. The summed E-state index contributed by atoms with van der Waals surface area (Å²) >= 11 is 3.62. The van der Waals surface area contributed by atoms with E-state index < -0.39 is 0 Å². The molecule has 0 aliphatic heterocycles. The van der Waals surface area contributed by atoms with Crippen LogP contribution < -0.4 is 5.73 Å². The minimum Gasteiger partial charge on any atom is -0.330 e. The fraction of sp³-hybridized carbons (Fsp3) is 0.231. The first-order chi connectivity index (χ1) is 9.17. The summed E-state index contributed by atoms with van der Waals surface area (Å²) in [6.07, 6.45) is 0.790. The van der Waals surface area contributed by atoms with E-state index in [1.54, 1.807) is 12.1 Å². The van der Waals surface area contributed by atoms with E-state index in [0.717, 1.165) is 33.5 Å². The van der Waals surface area contributed by atoms with Crippen molar-refractivity contribution in [1.29, 1.82) is 5.26 Å². The summed E-state index contributed by atoms with van der Waals surface area (Å²) in [7, 11) is 1.97. The molecule has 19 heavy (non-hydrogen) atoms. The lowest BCUT2D eigenvalue weighted by Gasteiger charge is -2.00. The fourth-order valence-corrected chi connectivity index (χ4v) is 3.17. The van der Waals surface area contributed by atoms with Gasteiger partial charge in [0.1, 0.15) is 4.60 Å². The van der Waals surface area contributed by atoms with Gasteiger partial charge in [-0.25, -0.2) is 4.98 Å². The Hall–Kier alpha value is -1.84. The van der Waals surface area contributed by atoms with Gasteiger partial charge in [-0.05, 0) is 40.7 Å². The van der Waals surface area contributed by atoms with Gasteiger partial charge in [0.15, 0.2) is 0 Å². The number of hydrogen-bond donors (Lipinski definition) is 1. The normalized spacial score (nSPS) is 11.3. The molecule has 0 atom stereocenters. The molecule has 0 radical (unpaired) electrons. The highest BCUT2D eigenvalue weighted by molar-refractivity contribution is 9.10. The van der Waals surface area contributed by atoms with Crippen LogP contribution in [0.2, 0.25) is 0 Å². The Bertz CT molecular complexity index is 821. The van der Waals surface area contributed by atoms with Crippen molar-refractivity contribution < 1.29 is 0 Å². The molecule has 2 heterocycles. The third-order valence-electron chi connectivity index (χ3n) is 3.29. The molecule has 5 nitrogen and oxygen atoms in total. The van der Waals surface area contributed by atoms with E-state index in [0.29, 0.717) is 12.1 Å². The number of halogens is 1. The van der Waals surface area contributed by atoms with E-state index >= 15 is 0 Å². The predicted molar refractivity (Wildman–Crippen MR) is 76.8 cm³/mol. The second-order valence-corrected chi connectivity index (χ2v) is 5.15. The lowest BCUT2D eigenvalue weighted by molar-refractivity contribution is 0.816. The van der Waals surface area contributed by atoms with Crippen molar-refractivity contribution in [2.24, 2.45) is 12.8 Å². The molecule has 3 rings (SSSR count). The largest absolute Gasteiger partial charge is 0.330 e. The number of rotatable bonds is 2. The van der Waals surface area contributed by atoms with E-state index in [2.05, 4.69) is 27.0 Å². The Morgan fingerprint density at radius 3 is 2.95 bits per heavy atom. The van der Waals surface area contributed by atoms with Crippen LogP contribution in [0, 0.1) is 11.3 Å². The van der Waals surface area contributed by atoms with Crippen molar-refractivity contribution in [3.63, 3.8) is 0 Å². The Morgan fingerprint density at radius 1 is 1.47 bits per heavy atom. The van der Waals surface area contributed by atoms with Crippen molar-refractivity contribution in [1.82, 2.24) is 14.0 Å². The summed E-state index contributed by atoms with van der Waals surface area (Å²) in [5.41, 5.74) is 9.19. The molecule has 2 N–H and O–H groups in total. The second-order valence-electron chi connectivity index (χ2n) is 4.40. The predicted octanol–water partition coefficient (Wildman–Crippen LogP) is 1.96. The lowest BCUT2D eigenvalue weighted by Crippen LogP contribution is -2.07. The molecule has 0 saturated carbocycles. The van der Waals surface area contributed by atoms with Gasteiger partial charge in [0.2, 0.25) is 5.78 Å². The van der Waals surface area contributed by atoms with Crippen molar-refractivity contribution in [3.8, 4) is 6.07 Å². The monoisotopic (exact) mass is 317 g/mol. The maximum atomic E-state index is 8.93. The molecule has 2 aromatic heterocycles. The summed E-state index contributed by atoms with van der Waals surface area (Å²) < 4.78 is 5.05. The molecule has 0 saturated heterocycles. The Labute approximate surface area is 118 Å². The van der Waals surface area contributed by atoms with Gasteiger partial charge in [-0.3, -0.25) is 4.40 Å². The number of nitriles is 1. The van der Waals surface area contributed by atoms with E-state index in [-0.39, 0.29) is 0 Å². The first-order valence-electron chi connectivity index (χ1n) is 5.92. The second kappa shape index (κ2) is 4.37. The third-order valence-corrected chi connectivity index (χ3v) is 4.10. The van der Waals surface area contributed by atoms with Crippen LogP contribution in [0.25, 0.3) is 16.8 Å². The van der Waals surface area contributed by atoms with Crippen LogP contribution in [0.4, 0.5) is 0 Å². The Balaban J connectivity index is 2.38. The van der Waals surface area contributed by atoms with Gasteiger partial charge in [0.25, 0.3) is 0 Å². The van der Waals surface area contributed by atoms with Gasteiger partial charge in [0.05, 0.1) is 28.4 Å². The molecule has 0 aliphatic carbocycles. The highest BCUT2D eigenvalue weighted by Crippen LogP contribution is 2.27. The molecular formula is C13H12BrN5. The number of aromatic nitrogens is 3. The molecule has 0 spiro atoms. The van der Waals surface area contributed by atoms with Crippen LogP contribution in [-0.4, -0.2) is 20.5 Å². The number of fused-ring (bicyclic) bond motifs is 3. The topological polar surface area (TPSA) is 72.0 Å². The smallest absolute Gasteiger partial charge is 0.215 e. The maximum absolute atomic E-state index is 8.93. The van der Waals surface area contributed by atoms with Crippen molar-refractivity contribution in [2.45, 2.75) is 6.42 Å². The van der Waals surface area contributed by atoms with Crippen LogP contribution in [0.1, 0.15) is 11.3 Å². The number of imidazole rings is 2. The molecule has 6 heteroatoms. The Kier molecular flexibility index (Phi) is 2.81. The minimum absolute atomic E-state index is 0.593. The van der Waals surface area contributed by atoms with Crippen LogP contribution in [0.5, 0.6) is 0 Å². The van der Waals surface area contributed by atoms with E-state index in [1.165, 1.54) is 0 Å². The first-order valence-corrected chi connectivity index (χ1v) is 6.72. The molecule has 0 fully saturated rings. The number of hydrogen-bond acceptors (Lipinski definition) is 3. The average Bonchev–Trinajstić information content (AvgIpc) is 2.90. The van der Waals surface area contributed by atoms with Crippen LogP contribution in [-0.2, 0) is 13.5 Å². The summed E-state index contributed by atoms with van der Waals surface area (Å²) in [5.74, 6) is 0.848. The molecule has 96 valence electrons. The quantitative estimate of drug-likeness (QED) is 0.785. The number of nitrogens with two attached hydrogens (primary N) is 1. The summed E-state index contributed by atoms with van der Waals surface area (Å²) in [6, 6.07) is 7.66. The summed E-state index contributed by atoms with van der Waals surface area (Å²) in [5, 5.41) is 8.93. The summed E-state index contributed by atoms with van der Waals surface area (Å²) in [4.78, 5) is 4.59. The van der Waals surface area contributed by atoms with E-state index in [4.69, 9.17) is 11.0 Å². The molecule has 0 unspecified atom stereocenters. The maximum Gasteiger partial charge on any atom is 0.215 e. The third kappa shape index (κ3) is 1.66. The van der Waals surface area contributed by atoms with Crippen LogP contribution >= 0.6 is 15.9 Å². The fourth-order valence-electron chi connectivity index (χ4n) is 2.35. The van der Waals surface area contributed by atoms with Crippen molar-refractivity contribution in [3.05, 3.63) is 34.1 Å². The zero-order chi connectivity index (χ0) is 13.6. The van der Waals surface area contributed by atoms with Crippen LogP contribution in [0.3, 0.4) is 0 Å². The van der Waals surface area contributed by atoms with Gasteiger partial charge in [0, 0.05) is 13.5 Å². The highest BCUT2D eigenvalue weighted by Gasteiger charge is 2.17. The van der Waals surface area contributed by atoms with E-state index in [9.17, 15) is 0 Å². The SMILES string of the molecule is Cn1c(CCN)c(Br)n2c3ccc(C#N)cc3nc12. The molecule has 3 aromatic rings. The zero-order valence-electron chi connectivity index (χ0n) is 10.4. The van der Waals surface area contributed by atoms with Crippen molar-refractivity contribution >= 4 is 32.7 Å². The van der Waals surface area contributed by atoms with Crippen molar-refractivity contribution in [2.75, 3.05) is 6.54 Å². The van der Waals surface area contributed by atoms with Crippen LogP contribution in [0.15, 0.2) is 22.8 Å². The van der Waals surface area contributed by atoms with Gasteiger partial charge in [-0.2, -0.15) is 5.26 Å². The summed E-state index contributed by atoms with van der Waals surface area (Å²) in [6.45, 7) is 0.593. The number of benzene rings is 1. The standard InChI is InChI=1S/C13H12BrN5/c1-18-11(4-5-15)12(14)19-10-3-2-8(7-16)6-9(10)17-13(18)19/h2-3,6H,4-5,15H2,1H3. The lowest BCUT2D eigenvalue weighted by atomic mass is 10.2. The molecule has 0 aliphatic rings. The average molecular weight is 318 g/mol. The van der Waals surface area contributed by atoms with Gasteiger partial charge in [-0.1, -0.05) is 0 Å². The van der Waals surface area contributed by atoms with Gasteiger partial charge >= 0.3 is 0 Å². The Morgan fingerprint density at radius 2 is 2.26 bits per heavy atom. The molecular weight excluding hydrogens is 306 g/mol. The van der Waals surface area contributed by atoms with Gasteiger partial charge < -0.3 is 10.3 Å². The minimum atomic E-state index is 0.593. The molecule has 1 aromatic carbocycles. The van der Waals surface area contributed by atoms with E-state index in [1.807, 2.05) is 22.1 Å². The number of nitrogens with zero attached hydrogens (tertiary/aromatic N) is 4. The van der Waals surface area contributed by atoms with Gasteiger partial charge in [-0.15, -0.1) is 0 Å². The molecule has 0 amide bonds. The molecule has 0 bridgehead atoms.